The van der Waals surface area contributed by atoms with Crippen LogP contribution in [-0.4, -0.2) is 20.9 Å². The van der Waals surface area contributed by atoms with Gasteiger partial charge in [-0.1, -0.05) is 17.7 Å². The van der Waals surface area contributed by atoms with E-state index in [2.05, 4.69) is 25.6 Å². The quantitative estimate of drug-likeness (QED) is 0.749. The number of benzene rings is 1. The topological polar surface area (TPSA) is 79.8 Å². The molecule has 8 heteroatoms. The summed E-state index contributed by atoms with van der Waals surface area (Å²) in [5.74, 6) is 0.127. The number of thiazole rings is 1. The van der Waals surface area contributed by atoms with Gasteiger partial charge >= 0.3 is 0 Å². The van der Waals surface area contributed by atoms with Crippen LogP contribution in [0, 0.1) is 6.92 Å². The smallest absolute Gasteiger partial charge is 0.275 e. The van der Waals surface area contributed by atoms with E-state index in [1.807, 2.05) is 13.0 Å². The van der Waals surface area contributed by atoms with Crippen molar-refractivity contribution in [1.82, 2.24) is 15.0 Å². The fourth-order valence-corrected chi connectivity index (χ4v) is 2.63. The minimum absolute atomic E-state index is 0.303. The molecule has 0 radical (unpaired) electrons. The van der Waals surface area contributed by atoms with Crippen molar-refractivity contribution in [2.75, 3.05) is 10.6 Å². The van der Waals surface area contributed by atoms with E-state index < -0.39 is 0 Å². The summed E-state index contributed by atoms with van der Waals surface area (Å²) in [5, 5.41) is 8.52. The second kappa shape index (κ2) is 6.72. The largest absolute Gasteiger partial charge is 0.321 e. The zero-order valence-corrected chi connectivity index (χ0v) is 13.6. The summed E-state index contributed by atoms with van der Waals surface area (Å²) in [5.41, 5.74) is 1.89. The highest BCUT2D eigenvalue weighted by Crippen LogP contribution is 2.22. The molecule has 0 aliphatic rings. The molecule has 0 aliphatic carbocycles. The number of carbonyl (C=O) groups is 1. The van der Waals surface area contributed by atoms with Crippen molar-refractivity contribution in [2.45, 2.75) is 6.92 Å². The summed E-state index contributed by atoms with van der Waals surface area (Å²) in [6.45, 7) is 1.90. The van der Waals surface area contributed by atoms with E-state index in [0.29, 0.717) is 27.5 Å². The SMILES string of the molecule is Cc1ccc(NC(=O)c2csc(Nc3ncccn3)n2)cc1Cl. The molecular formula is C15H12ClN5OS. The van der Waals surface area contributed by atoms with Gasteiger partial charge in [0.05, 0.1) is 0 Å². The molecular weight excluding hydrogens is 334 g/mol. The summed E-state index contributed by atoms with van der Waals surface area (Å²) in [6.07, 6.45) is 3.25. The lowest BCUT2D eigenvalue weighted by Gasteiger charge is -2.05. The molecule has 0 fully saturated rings. The van der Waals surface area contributed by atoms with Crippen molar-refractivity contribution in [1.29, 1.82) is 0 Å². The van der Waals surface area contributed by atoms with E-state index in [4.69, 9.17) is 11.6 Å². The number of halogens is 1. The lowest BCUT2D eigenvalue weighted by atomic mass is 10.2. The molecule has 0 aliphatic heterocycles. The predicted molar refractivity (Wildman–Crippen MR) is 91.6 cm³/mol. The van der Waals surface area contributed by atoms with Gasteiger partial charge in [0, 0.05) is 28.5 Å². The zero-order valence-electron chi connectivity index (χ0n) is 12.1. The maximum atomic E-state index is 12.2. The molecule has 1 amide bonds. The molecule has 1 aromatic carbocycles. The Balaban J connectivity index is 1.69. The van der Waals surface area contributed by atoms with Crippen LogP contribution in [0.2, 0.25) is 5.02 Å². The highest BCUT2D eigenvalue weighted by atomic mass is 35.5. The van der Waals surface area contributed by atoms with Gasteiger partial charge < -0.3 is 10.6 Å². The Morgan fingerprint density at radius 2 is 2.04 bits per heavy atom. The van der Waals surface area contributed by atoms with Gasteiger partial charge in [-0.2, -0.15) is 0 Å². The molecule has 2 aromatic heterocycles. The third kappa shape index (κ3) is 3.82. The normalized spacial score (nSPS) is 10.3. The predicted octanol–water partition coefficient (Wildman–Crippen LogP) is 3.89. The fourth-order valence-electron chi connectivity index (χ4n) is 1.76. The Hall–Kier alpha value is -2.51. The number of aromatic nitrogens is 3. The average molecular weight is 346 g/mol. The summed E-state index contributed by atoms with van der Waals surface area (Å²) in [4.78, 5) is 24.5. The van der Waals surface area contributed by atoms with Crippen LogP contribution in [-0.2, 0) is 0 Å². The summed E-state index contributed by atoms with van der Waals surface area (Å²) in [7, 11) is 0. The van der Waals surface area contributed by atoms with Crippen LogP contribution in [0.3, 0.4) is 0 Å². The molecule has 3 aromatic rings. The van der Waals surface area contributed by atoms with Crippen LogP contribution in [0.1, 0.15) is 16.1 Å². The Kier molecular flexibility index (Phi) is 4.50. The van der Waals surface area contributed by atoms with Gasteiger partial charge in [-0.25, -0.2) is 15.0 Å². The van der Waals surface area contributed by atoms with E-state index in [1.165, 1.54) is 11.3 Å². The second-order valence-corrected chi connectivity index (χ2v) is 5.92. The van der Waals surface area contributed by atoms with Crippen LogP contribution in [0.5, 0.6) is 0 Å². The van der Waals surface area contributed by atoms with Crippen molar-refractivity contribution in [3.63, 3.8) is 0 Å². The number of nitrogens with one attached hydrogen (secondary N) is 2. The molecule has 23 heavy (non-hydrogen) atoms. The number of carbonyl (C=O) groups excluding carboxylic acids is 1. The van der Waals surface area contributed by atoms with Crippen LogP contribution >= 0.6 is 22.9 Å². The summed E-state index contributed by atoms with van der Waals surface area (Å²) < 4.78 is 0. The van der Waals surface area contributed by atoms with Gasteiger partial charge in [-0.15, -0.1) is 11.3 Å². The molecule has 3 rings (SSSR count). The van der Waals surface area contributed by atoms with Crippen molar-refractivity contribution < 1.29 is 4.79 Å². The minimum Gasteiger partial charge on any atom is -0.321 e. The molecule has 116 valence electrons. The Bertz CT molecular complexity index is 837. The molecule has 0 atom stereocenters. The standard InChI is InChI=1S/C15H12ClN5OS/c1-9-3-4-10(7-11(9)16)19-13(22)12-8-23-15(20-12)21-14-17-5-2-6-18-14/h2-8H,1H3,(H,19,22)(H,17,18,20,21). The van der Waals surface area contributed by atoms with E-state index in [1.54, 1.807) is 36.0 Å². The number of aryl methyl sites for hydroxylation is 1. The van der Waals surface area contributed by atoms with Gasteiger partial charge in [0.1, 0.15) is 5.69 Å². The third-order valence-electron chi connectivity index (χ3n) is 2.95. The number of hydrogen-bond donors (Lipinski definition) is 2. The zero-order chi connectivity index (χ0) is 16.2. The average Bonchev–Trinajstić information content (AvgIpc) is 3.00. The van der Waals surface area contributed by atoms with Gasteiger partial charge in [0.25, 0.3) is 5.91 Å². The lowest BCUT2D eigenvalue weighted by Crippen LogP contribution is -2.12. The van der Waals surface area contributed by atoms with Crippen molar-refractivity contribution in [3.05, 3.63) is 58.3 Å². The molecule has 0 unspecified atom stereocenters. The maximum absolute atomic E-state index is 12.2. The molecule has 0 spiro atoms. The number of anilines is 3. The van der Waals surface area contributed by atoms with Gasteiger partial charge in [-0.05, 0) is 30.7 Å². The minimum atomic E-state index is -0.303. The van der Waals surface area contributed by atoms with Gasteiger partial charge in [0.2, 0.25) is 5.95 Å². The lowest BCUT2D eigenvalue weighted by molar-refractivity contribution is 0.102. The monoisotopic (exact) mass is 345 g/mol. The van der Waals surface area contributed by atoms with Crippen LogP contribution < -0.4 is 10.6 Å². The summed E-state index contributed by atoms with van der Waals surface area (Å²) in [6, 6.07) is 7.07. The first-order valence-corrected chi connectivity index (χ1v) is 7.94. The van der Waals surface area contributed by atoms with Gasteiger partial charge in [-0.3, -0.25) is 4.79 Å². The van der Waals surface area contributed by atoms with Gasteiger partial charge in [0.15, 0.2) is 5.13 Å². The Morgan fingerprint density at radius 1 is 1.26 bits per heavy atom. The first-order chi connectivity index (χ1) is 11.1. The number of hydrogen-bond acceptors (Lipinski definition) is 6. The van der Waals surface area contributed by atoms with E-state index in [0.717, 1.165) is 5.56 Å². The molecule has 0 saturated carbocycles. The first-order valence-electron chi connectivity index (χ1n) is 6.69. The second-order valence-electron chi connectivity index (χ2n) is 4.65. The van der Waals surface area contributed by atoms with Crippen molar-refractivity contribution >= 4 is 45.6 Å². The summed E-state index contributed by atoms with van der Waals surface area (Å²) >= 11 is 7.35. The molecule has 6 nitrogen and oxygen atoms in total. The maximum Gasteiger partial charge on any atom is 0.275 e. The van der Waals surface area contributed by atoms with Crippen molar-refractivity contribution in [2.24, 2.45) is 0 Å². The van der Waals surface area contributed by atoms with Crippen LogP contribution in [0.4, 0.5) is 16.8 Å². The number of nitrogens with zero attached hydrogens (tertiary/aromatic N) is 3. The fraction of sp³-hybridized carbons (Fsp3) is 0.0667. The van der Waals surface area contributed by atoms with Crippen molar-refractivity contribution in [3.8, 4) is 0 Å². The number of rotatable bonds is 4. The Labute approximate surface area is 141 Å². The molecule has 2 heterocycles. The molecule has 0 bridgehead atoms. The third-order valence-corrected chi connectivity index (χ3v) is 4.12. The molecule has 0 saturated heterocycles. The highest BCUT2D eigenvalue weighted by Gasteiger charge is 2.12. The van der Waals surface area contributed by atoms with E-state index >= 15 is 0 Å². The van der Waals surface area contributed by atoms with E-state index in [-0.39, 0.29) is 5.91 Å². The molecule has 2 N–H and O–H groups in total. The number of amides is 1. The Morgan fingerprint density at radius 3 is 2.78 bits per heavy atom. The van der Waals surface area contributed by atoms with Crippen LogP contribution in [0.25, 0.3) is 0 Å². The van der Waals surface area contributed by atoms with E-state index in [9.17, 15) is 4.79 Å². The highest BCUT2D eigenvalue weighted by molar-refractivity contribution is 7.14. The van der Waals surface area contributed by atoms with Crippen LogP contribution in [0.15, 0.2) is 42.0 Å². The first kappa shape index (κ1) is 15.4.